The molecule has 1 aliphatic heterocycles. The molecular formula is C22H18O8. The van der Waals surface area contributed by atoms with Crippen LogP contribution >= 0.6 is 0 Å². The minimum atomic E-state index is -0.294. The lowest BCUT2D eigenvalue weighted by molar-refractivity contribution is 0.168. The zero-order chi connectivity index (χ0) is 21.3. The number of ether oxygens (including phenoxy) is 6. The fourth-order valence-electron chi connectivity index (χ4n) is 3.28. The summed E-state index contributed by atoms with van der Waals surface area (Å²) in [5.74, 6) is 4.65. The molecule has 0 N–H and O–H groups in total. The first-order valence-electron chi connectivity index (χ1n) is 8.87. The molecule has 0 saturated heterocycles. The van der Waals surface area contributed by atoms with E-state index in [1.807, 2.05) is 0 Å². The summed E-state index contributed by atoms with van der Waals surface area (Å²) in [7, 11) is 4.45. The molecule has 0 bridgehead atoms. The second-order valence-electron chi connectivity index (χ2n) is 6.19. The topological polar surface area (TPSA) is 85.6 Å². The Bertz CT molecular complexity index is 1220. The smallest absolute Gasteiger partial charge is 0.231 e. The Morgan fingerprint density at radius 1 is 0.967 bits per heavy atom. The van der Waals surface area contributed by atoms with Gasteiger partial charge in [0.2, 0.25) is 23.7 Å². The van der Waals surface area contributed by atoms with Gasteiger partial charge in [0, 0.05) is 11.6 Å². The number of rotatable bonds is 6. The molecule has 8 heteroatoms. The molecular weight excluding hydrogens is 392 g/mol. The molecule has 2 aromatic carbocycles. The zero-order valence-corrected chi connectivity index (χ0v) is 16.6. The van der Waals surface area contributed by atoms with E-state index in [1.165, 1.54) is 27.6 Å². The predicted octanol–water partition coefficient (Wildman–Crippen LogP) is 3.23. The van der Waals surface area contributed by atoms with Crippen molar-refractivity contribution < 1.29 is 32.8 Å². The Balaban J connectivity index is 1.94. The van der Waals surface area contributed by atoms with E-state index in [-0.39, 0.29) is 24.4 Å². The minimum absolute atomic E-state index is 0.0233. The standard InChI is InChI=1S/C22H18O8/c1-5-6-27-17-9-15-13(8-16(17)24-2)19(23)14(10-28-15)12-7-18(25-3)21-22(20(12)26-4)30-11-29-21/h1,7-10H,6,11H2,2-4H3. The molecule has 0 aliphatic carbocycles. The normalized spacial score (nSPS) is 11.8. The van der Waals surface area contributed by atoms with Crippen molar-refractivity contribution in [2.24, 2.45) is 0 Å². The average molecular weight is 410 g/mol. The van der Waals surface area contributed by atoms with Crippen LogP contribution in [0.15, 0.2) is 33.7 Å². The summed E-state index contributed by atoms with van der Waals surface area (Å²) >= 11 is 0. The zero-order valence-electron chi connectivity index (χ0n) is 16.6. The Hall–Kier alpha value is -3.99. The molecule has 0 fully saturated rings. The first-order chi connectivity index (χ1) is 14.6. The first kappa shape index (κ1) is 19.3. The second-order valence-corrected chi connectivity index (χ2v) is 6.19. The molecule has 154 valence electrons. The molecule has 30 heavy (non-hydrogen) atoms. The van der Waals surface area contributed by atoms with Crippen LogP contribution < -0.4 is 33.8 Å². The van der Waals surface area contributed by atoms with Crippen LogP contribution in [0.25, 0.3) is 22.1 Å². The third-order valence-corrected chi connectivity index (χ3v) is 4.65. The summed E-state index contributed by atoms with van der Waals surface area (Å²) in [6.45, 7) is 0.0772. The maximum Gasteiger partial charge on any atom is 0.231 e. The van der Waals surface area contributed by atoms with Gasteiger partial charge in [-0.25, -0.2) is 0 Å². The lowest BCUT2D eigenvalue weighted by Crippen LogP contribution is -2.07. The van der Waals surface area contributed by atoms with Crippen molar-refractivity contribution in [3.63, 3.8) is 0 Å². The molecule has 1 aromatic heterocycles. The van der Waals surface area contributed by atoms with Gasteiger partial charge < -0.3 is 32.8 Å². The monoisotopic (exact) mass is 410 g/mol. The maximum absolute atomic E-state index is 13.3. The molecule has 1 aliphatic rings. The van der Waals surface area contributed by atoms with E-state index in [4.69, 9.17) is 39.3 Å². The van der Waals surface area contributed by atoms with Gasteiger partial charge in [0.05, 0.1) is 32.3 Å². The second kappa shape index (κ2) is 7.79. The molecule has 2 heterocycles. The number of benzene rings is 2. The molecule has 0 atom stereocenters. The van der Waals surface area contributed by atoms with Crippen LogP contribution in [-0.4, -0.2) is 34.7 Å². The first-order valence-corrected chi connectivity index (χ1v) is 8.87. The third kappa shape index (κ3) is 3.01. The van der Waals surface area contributed by atoms with Crippen molar-refractivity contribution in [2.75, 3.05) is 34.7 Å². The van der Waals surface area contributed by atoms with Crippen molar-refractivity contribution >= 4 is 11.0 Å². The fourth-order valence-corrected chi connectivity index (χ4v) is 3.28. The van der Waals surface area contributed by atoms with Crippen molar-refractivity contribution in [2.45, 2.75) is 0 Å². The lowest BCUT2D eigenvalue weighted by Gasteiger charge is -2.14. The Labute approximate surface area is 171 Å². The van der Waals surface area contributed by atoms with Gasteiger partial charge in [-0.05, 0) is 12.1 Å². The summed E-state index contributed by atoms with van der Waals surface area (Å²) in [6, 6.07) is 4.76. The van der Waals surface area contributed by atoms with Gasteiger partial charge in [0.15, 0.2) is 23.0 Å². The lowest BCUT2D eigenvalue weighted by atomic mass is 10.0. The van der Waals surface area contributed by atoms with E-state index in [0.29, 0.717) is 51.0 Å². The number of terminal acetylenes is 1. The highest BCUT2D eigenvalue weighted by Crippen LogP contribution is 2.52. The van der Waals surface area contributed by atoms with Gasteiger partial charge >= 0.3 is 0 Å². The van der Waals surface area contributed by atoms with Gasteiger partial charge in [-0.1, -0.05) is 5.92 Å². The van der Waals surface area contributed by atoms with E-state index in [2.05, 4.69) is 5.92 Å². The van der Waals surface area contributed by atoms with Crippen LogP contribution in [0.3, 0.4) is 0 Å². The predicted molar refractivity (Wildman–Crippen MR) is 108 cm³/mol. The number of fused-ring (bicyclic) bond motifs is 2. The van der Waals surface area contributed by atoms with Crippen LogP contribution in [-0.2, 0) is 0 Å². The van der Waals surface area contributed by atoms with E-state index >= 15 is 0 Å². The molecule has 0 saturated carbocycles. The average Bonchev–Trinajstić information content (AvgIpc) is 3.26. The fraction of sp³-hybridized carbons (Fsp3) is 0.227. The van der Waals surface area contributed by atoms with Crippen LogP contribution in [0, 0.1) is 12.3 Å². The Morgan fingerprint density at radius 3 is 2.43 bits per heavy atom. The molecule has 0 spiro atoms. The highest BCUT2D eigenvalue weighted by molar-refractivity contribution is 5.87. The third-order valence-electron chi connectivity index (χ3n) is 4.65. The highest BCUT2D eigenvalue weighted by Gasteiger charge is 2.29. The summed E-state index contributed by atoms with van der Waals surface area (Å²) in [5, 5.41) is 0.302. The molecule has 8 nitrogen and oxygen atoms in total. The largest absolute Gasteiger partial charge is 0.493 e. The molecule has 3 aromatic rings. The van der Waals surface area contributed by atoms with Gasteiger partial charge in [0.25, 0.3) is 0 Å². The van der Waals surface area contributed by atoms with Crippen molar-refractivity contribution in [3.8, 4) is 58.0 Å². The van der Waals surface area contributed by atoms with Crippen LogP contribution in [0.4, 0.5) is 0 Å². The summed E-state index contributed by atoms with van der Waals surface area (Å²) in [5.41, 5.74) is 0.733. The van der Waals surface area contributed by atoms with Crippen LogP contribution in [0.2, 0.25) is 0 Å². The van der Waals surface area contributed by atoms with Gasteiger partial charge in [-0.3, -0.25) is 4.79 Å². The minimum Gasteiger partial charge on any atom is -0.493 e. The van der Waals surface area contributed by atoms with E-state index < -0.39 is 0 Å². The quantitative estimate of drug-likeness (QED) is 0.573. The molecule has 0 radical (unpaired) electrons. The van der Waals surface area contributed by atoms with Crippen LogP contribution in [0.1, 0.15) is 0 Å². The molecule has 0 unspecified atom stereocenters. The summed E-state index contributed by atoms with van der Waals surface area (Å²) in [4.78, 5) is 13.3. The Kier molecular flexibility index (Phi) is 5.02. The highest BCUT2D eigenvalue weighted by atomic mass is 16.7. The van der Waals surface area contributed by atoms with E-state index in [0.717, 1.165) is 0 Å². The van der Waals surface area contributed by atoms with Gasteiger partial charge in [-0.2, -0.15) is 0 Å². The van der Waals surface area contributed by atoms with E-state index in [1.54, 1.807) is 18.2 Å². The van der Waals surface area contributed by atoms with Crippen molar-refractivity contribution in [3.05, 3.63) is 34.7 Å². The van der Waals surface area contributed by atoms with Crippen LogP contribution in [0.5, 0.6) is 34.5 Å². The van der Waals surface area contributed by atoms with Crippen molar-refractivity contribution in [1.82, 2.24) is 0 Å². The maximum atomic E-state index is 13.3. The number of hydrogen-bond acceptors (Lipinski definition) is 8. The SMILES string of the molecule is C#CCOc1cc2occ(-c3cc(OC)c4c(c3OC)OCO4)c(=O)c2cc1OC. The Morgan fingerprint density at radius 2 is 1.73 bits per heavy atom. The van der Waals surface area contributed by atoms with Gasteiger partial charge in [-0.15, -0.1) is 6.42 Å². The van der Waals surface area contributed by atoms with Gasteiger partial charge in [0.1, 0.15) is 18.5 Å². The van der Waals surface area contributed by atoms with E-state index in [9.17, 15) is 4.79 Å². The summed E-state index contributed by atoms with van der Waals surface area (Å²) < 4.78 is 38.4. The molecule has 0 amide bonds. The summed E-state index contributed by atoms with van der Waals surface area (Å²) in [6.07, 6.45) is 6.60. The van der Waals surface area contributed by atoms with Crippen molar-refractivity contribution in [1.29, 1.82) is 0 Å². The molecule has 4 rings (SSSR count). The number of hydrogen-bond donors (Lipinski definition) is 0. The number of methoxy groups -OCH3 is 3.